The van der Waals surface area contributed by atoms with Crippen molar-refractivity contribution in [1.29, 1.82) is 5.26 Å². The van der Waals surface area contributed by atoms with Crippen LogP contribution in [0, 0.1) is 18.3 Å². The molecule has 20 heavy (non-hydrogen) atoms. The molecule has 0 saturated carbocycles. The summed E-state index contributed by atoms with van der Waals surface area (Å²) in [5.74, 6) is 1.48. The summed E-state index contributed by atoms with van der Waals surface area (Å²) in [7, 11) is 1.58. The van der Waals surface area contributed by atoms with Crippen molar-refractivity contribution in [2.75, 3.05) is 7.11 Å². The van der Waals surface area contributed by atoms with E-state index in [2.05, 4.69) is 20.1 Å². The number of ether oxygens (including phenoxy) is 1. The molecule has 0 saturated heterocycles. The molecule has 0 N–H and O–H groups in total. The van der Waals surface area contributed by atoms with Crippen molar-refractivity contribution in [1.82, 2.24) is 24.6 Å². The van der Waals surface area contributed by atoms with E-state index in [-0.39, 0.29) is 0 Å². The third-order valence-electron chi connectivity index (χ3n) is 2.85. The van der Waals surface area contributed by atoms with E-state index in [0.717, 1.165) is 11.3 Å². The molecule has 0 fully saturated rings. The van der Waals surface area contributed by atoms with Crippen molar-refractivity contribution in [3.63, 3.8) is 0 Å². The van der Waals surface area contributed by atoms with Gasteiger partial charge in [-0.1, -0.05) is 0 Å². The second-order valence-electron chi connectivity index (χ2n) is 4.08. The summed E-state index contributed by atoms with van der Waals surface area (Å²) in [6.07, 6.45) is 3.32. The van der Waals surface area contributed by atoms with Crippen LogP contribution in [0.1, 0.15) is 11.4 Å². The van der Waals surface area contributed by atoms with Gasteiger partial charge in [0.15, 0.2) is 11.6 Å². The van der Waals surface area contributed by atoms with Crippen LogP contribution in [-0.4, -0.2) is 31.7 Å². The van der Waals surface area contributed by atoms with Crippen molar-refractivity contribution >= 4 is 5.78 Å². The van der Waals surface area contributed by atoms with Crippen molar-refractivity contribution in [2.24, 2.45) is 0 Å². The number of rotatable bonds is 2. The predicted octanol–water partition coefficient (Wildman–Crippen LogP) is 1.37. The molecule has 0 atom stereocenters. The Balaban J connectivity index is 2.20. The van der Waals surface area contributed by atoms with Crippen LogP contribution < -0.4 is 4.74 Å². The molecule has 98 valence electrons. The normalized spacial score (nSPS) is 10.4. The Kier molecular flexibility index (Phi) is 2.76. The number of aromatic nitrogens is 5. The maximum absolute atomic E-state index is 8.84. The minimum absolute atomic E-state index is 0.300. The highest BCUT2D eigenvalue weighted by atomic mass is 16.5. The number of hydrogen-bond donors (Lipinski definition) is 0. The maximum atomic E-state index is 8.84. The molecule has 3 aromatic heterocycles. The molecule has 3 rings (SSSR count). The third-order valence-corrected chi connectivity index (χ3v) is 2.85. The summed E-state index contributed by atoms with van der Waals surface area (Å²) in [5, 5.41) is 13.2. The molecule has 0 unspecified atom stereocenters. The van der Waals surface area contributed by atoms with Crippen molar-refractivity contribution in [2.45, 2.75) is 6.92 Å². The van der Waals surface area contributed by atoms with E-state index in [9.17, 15) is 0 Å². The second-order valence-corrected chi connectivity index (χ2v) is 4.08. The van der Waals surface area contributed by atoms with Gasteiger partial charge in [0.05, 0.1) is 18.4 Å². The smallest absolute Gasteiger partial charge is 0.253 e. The fourth-order valence-corrected chi connectivity index (χ4v) is 1.94. The summed E-state index contributed by atoms with van der Waals surface area (Å²) in [6.45, 7) is 1.85. The summed E-state index contributed by atoms with van der Waals surface area (Å²) < 4.78 is 6.87. The van der Waals surface area contributed by atoms with Crippen molar-refractivity contribution in [3.05, 3.63) is 35.9 Å². The summed E-state index contributed by atoms with van der Waals surface area (Å²) in [5.41, 5.74) is 1.80. The minimum Gasteiger partial charge on any atom is -0.494 e. The van der Waals surface area contributed by atoms with Gasteiger partial charge in [-0.25, -0.2) is 9.50 Å². The van der Waals surface area contributed by atoms with Gasteiger partial charge in [0.1, 0.15) is 11.8 Å². The van der Waals surface area contributed by atoms with E-state index >= 15 is 0 Å². The monoisotopic (exact) mass is 266 g/mol. The average Bonchev–Trinajstić information content (AvgIpc) is 2.89. The van der Waals surface area contributed by atoms with Gasteiger partial charge in [0.2, 0.25) is 0 Å². The Bertz CT molecular complexity index is 832. The number of pyridine rings is 1. The lowest BCUT2D eigenvalue weighted by Gasteiger charge is -2.06. The highest BCUT2D eigenvalue weighted by Gasteiger charge is 2.14. The molecule has 7 heteroatoms. The molecule has 0 aromatic carbocycles. The van der Waals surface area contributed by atoms with Gasteiger partial charge in [0, 0.05) is 12.4 Å². The molecule has 3 aromatic rings. The van der Waals surface area contributed by atoms with Crippen LogP contribution in [0.3, 0.4) is 0 Å². The van der Waals surface area contributed by atoms with Crippen LogP contribution in [0.5, 0.6) is 5.75 Å². The molecule has 7 nitrogen and oxygen atoms in total. The molecule has 0 radical (unpaired) electrons. The highest BCUT2D eigenvalue weighted by molar-refractivity contribution is 5.66. The van der Waals surface area contributed by atoms with E-state index < -0.39 is 0 Å². The molecule has 0 amide bonds. The van der Waals surface area contributed by atoms with Gasteiger partial charge in [-0.2, -0.15) is 10.2 Å². The number of methoxy groups -OCH3 is 1. The van der Waals surface area contributed by atoms with Gasteiger partial charge in [0.25, 0.3) is 5.78 Å². The fourth-order valence-electron chi connectivity index (χ4n) is 1.94. The molecule has 3 heterocycles. The van der Waals surface area contributed by atoms with Gasteiger partial charge in [-0.15, -0.1) is 5.10 Å². The highest BCUT2D eigenvalue weighted by Crippen LogP contribution is 2.29. The third kappa shape index (κ3) is 1.83. The summed E-state index contributed by atoms with van der Waals surface area (Å²) >= 11 is 0. The number of hydrogen-bond acceptors (Lipinski definition) is 6. The summed E-state index contributed by atoms with van der Waals surface area (Å²) in [4.78, 5) is 12.6. The molecule has 0 aliphatic heterocycles. The summed E-state index contributed by atoms with van der Waals surface area (Å²) in [6, 6.07) is 5.34. The van der Waals surface area contributed by atoms with Crippen LogP contribution in [0.25, 0.3) is 17.2 Å². The molecular weight excluding hydrogens is 256 g/mol. The first kappa shape index (κ1) is 12.0. The lowest BCUT2D eigenvalue weighted by Crippen LogP contribution is -1.95. The first-order chi connectivity index (χ1) is 9.72. The van der Waals surface area contributed by atoms with E-state index in [0.29, 0.717) is 23.0 Å². The Morgan fingerprint density at radius 2 is 2.15 bits per heavy atom. The van der Waals surface area contributed by atoms with Crippen molar-refractivity contribution < 1.29 is 4.74 Å². The van der Waals surface area contributed by atoms with E-state index in [4.69, 9.17) is 10.00 Å². The molecular formula is C13H10N6O. The van der Waals surface area contributed by atoms with Crippen LogP contribution in [0.2, 0.25) is 0 Å². The van der Waals surface area contributed by atoms with Gasteiger partial charge in [-0.05, 0) is 19.1 Å². The number of aryl methyl sites for hydroxylation is 1. The lowest BCUT2D eigenvalue weighted by molar-refractivity contribution is 0.410. The van der Waals surface area contributed by atoms with E-state index in [1.54, 1.807) is 31.6 Å². The standard InChI is InChI=1S/C13H10N6O/c1-8-11(20-2)10(3-5-15-8)12-17-13-16-9(7-14)4-6-19(13)18-12/h3-6H,1-2H3. The predicted molar refractivity (Wildman–Crippen MR) is 70.0 cm³/mol. The van der Waals surface area contributed by atoms with Crippen LogP contribution in [0.15, 0.2) is 24.5 Å². The Hall–Kier alpha value is -3.01. The molecule has 0 aliphatic carbocycles. The van der Waals surface area contributed by atoms with Gasteiger partial charge < -0.3 is 4.74 Å². The molecule has 0 aliphatic rings. The topological polar surface area (TPSA) is 89.0 Å². The SMILES string of the molecule is COc1c(-c2nc3nc(C#N)ccn3n2)ccnc1C. The Morgan fingerprint density at radius 3 is 2.90 bits per heavy atom. The van der Waals surface area contributed by atoms with Crippen LogP contribution in [-0.2, 0) is 0 Å². The van der Waals surface area contributed by atoms with E-state index in [1.165, 1.54) is 4.52 Å². The zero-order valence-corrected chi connectivity index (χ0v) is 10.9. The zero-order chi connectivity index (χ0) is 14.1. The number of fused-ring (bicyclic) bond motifs is 1. The molecule has 0 bridgehead atoms. The first-order valence-corrected chi connectivity index (χ1v) is 5.86. The minimum atomic E-state index is 0.300. The number of nitriles is 1. The maximum Gasteiger partial charge on any atom is 0.253 e. The zero-order valence-electron chi connectivity index (χ0n) is 10.9. The van der Waals surface area contributed by atoms with Crippen molar-refractivity contribution in [3.8, 4) is 23.2 Å². The van der Waals surface area contributed by atoms with Crippen LogP contribution in [0.4, 0.5) is 0 Å². The van der Waals surface area contributed by atoms with Gasteiger partial charge in [-0.3, -0.25) is 4.98 Å². The number of nitrogens with zero attached hydrogens (tertiary/aromatic N) is 6. The van der Waals surface area contributed by atoms with Crippen LogP contribution >= 0.6 is 0 Å². The van der Waals surface area contributed by atoms with E-state index in [1.807, 2.05) is 13.0 Å². The fraction of sp³-hybridized carbons (Fsp3) is 0.154. The second kappa shape index (κ2) is 4.59. The Morgan fingerprint density at radius 1 is 1.30 bits per heavy atom. The van der Waals surface area contributed by atoms with Gasteiger partial charge >= 0.3 is 0 Å². The quantitative estimate of drug-likeness (QED) is 0.696. The average molecular weight is 266 g/mol. The lowest BCUT2D eigenvalue weighted by atomic mass is 10.2. The Labute approximate surface area is 114 Å². The first-order valence-electron chi connectivity index (χ1n) is 5.86. The largest absolute Gasteiger partial charge is 0.494 e. The molecule has 0 spiro atoms.